The number of amides is 1. The molecule has 1 aliphatic heterocycles. The van der Waals surface area contributed by atoms with Gasteiger partial charge in [-0.3, -0.25) is 4.79 Å². The van der Waals surface area contributed by atoms with Crippen molar-refractivity contribution in [2.75, 3.05) is 19.8 Å². The summed E-state index contributed by atoms with van der Waals surface area (Å²) in [6.45, 7) is 2.49. The molecule has 0 spiro atoms. The minimum Gasteiger partial charge on any atom is -0.388 e. The number of aliphatic hydroxyl groups excluding tert-OH is 2. The molecule has 3 N–H and O–H groups in total. The highest BCUT2D eigenvalue weighted by Crippen LogP contribution is 2.31. The van der Waals surface area contributed by atoms with Gasteiger partial charge in [-0.25, -0.2) is 0 Å². The third-order valence-corrected chi connectivity index (χ3v) is 3.73. The molecule has 2 atom stereocenters. The molecule has 2 heterocycles. The smallest absolute Gasteiger partial charge is 0.216 e. The van der Waals surface area contributed by atoms with E-state index in [1.165, 1.54) is 18.3 Å². The fourth-order valence-corrected chi connectivity index (χ4v) is 2.68. The van der Waals surface area contributed by atoms with Crippen molar-refractivity contribution in [1.82, 2.24) is 5.32 Å². The normalized spacial score (nSPS) is 19.3. The van der Waals surface area contributed by atoms with E-state index < -0.39 is 12.2 Å². The lowest BCUT2D eigenvalue weighted by atomic mass is 10.1. The zero-order valence-electron chi connectivity index (χ0n) is 10.5. The summed E-state index contributed by atoms with van der Waals surface area (Å²) in [6.07, 6.45) is -2.46. The Morgan fingerprint density at radius 1 is 1.53 bits per heavy atom. The van der Waals surface area contributed by atoms with Crippen LogP contribution in [0.25, 0.3) is 0 Å². The van der Waals surface area contributed by atoms with E-state index in [1.807, 2.05) is 0 Å². The number of ether oxygens (including phenoxy) is 2. The molecular formula is C12H17NO5S. The van der Waals surface area contributed by atoms with E-state index in [4.69, 9.17) is 9.47 Å². The van der Waals surface area contributed by atoms with Gasteiger partial charge >= 0.3 is 0 Å². The van der Waals surface area contributed by atoms with Crippen LogP contribution in [0, 0.1) is 0 Å². The van der Waals surface area contributed by atoms with Crippen LogP contribution in [0.3, 0.4) is 0 Å². The maximum atomic E-state index is 10.8. The largest absolute Gasteiger partial charge is 0.388 e. The first kappa shape index (κ1) is 14.4. The molecule has 0 aliphatic carbocycles. The van der Waals surface area contributed by atoms with Gasteiger partial charge in [-0.2, -0.15) is 0 Å². The molecule has 6 nitrogen and oxygen atoms in total. The van der Waals surface area contributed by atoms with Crippen LogP contribution >= 0.6 is 11.3 Å². The molecule has 1 saturated heterocycles. The van der Waals surface area contributed by atoms with Crippen molar-refractivity contribution in [2.24, 2.45) is 0 Å². The molecule has 1 aromatic rings. The number of carbonyl (C=O) groups is 1. The Balaban J connectivity index is 1.94. The van der Waals surface area contributed by atoms with Gasteiger partial charge in [0.2, 0.25) is 5.91 Å². The van der Waals surface area contributed by atoms with Crippen LogP contribution in [-0.2, 0) is 14.3 Å². The van der Waals surface area contributed by atoms with Crippen molar-refractivity contribution in [2.45, 2.75) is 25.4 Å². The fourth-order valence-electron chi connectivity index (χ4n) is 1.75. The summed E-state index contributed by atoms with van der Waals surface area (Å²) in [5.74, 6) is -0.245. The van der Waals surface area contributed by atoms with E-state index in [2.05, 4.69) is 5.32 Å². The average molecular weight is 287 g/mol. The van der Waals surface area contributed by atoms with Crippen molar-refractivity contribution in [3.63, 3.8) is 0 Å². The zero-order valence-corrected chi connectivity index (χ0v) is 11.4. The molecule has 0 saturated carbocycles. The van der Waals surface area contributed by atoms with Gasteiger partial charge < -0.3 is 25.0 Å². The van der Waals surface area contributed by atoms with Crippen LogP contribution in [-0.4, -0.2) is 42.0 Å². The Morgan fingerprint density at radius 2 is 2.21 bits per heavy atom. The van der Waals surface area contributed by atoms with Gasteiger partial charge in [0.1, 0.15) is 12.2 Å². The number of hydrogen-bond acceptors (Lipinski definition) is 6. The van der Waals surface area contributed by atoms with Gasteiger partial charge in [0.15, 0.2) is 6.29 Å². The molecule has 2 unspecified atom stereocenters. The maximum absolute atomic E-state index is 10.8. The van der Waals surface area contributed by atoms with E-state index in [1.54, 1.807) is 11.4 Å². The Morgan fingerprint density at radius 3 is 2.84 bits per heavy atom. The second-order valence-electron chi connectivity index (χ2n) is 4.31. The SMILES string of the molecule is CC(=O)NCC(O)C(O)c1csc(C2OCCO2)c1. The average Bonchev–Trinajstić information content (AvgIpc) is 3.04. The highest BCUT2D eigenvalue weighted by atomic mass is 32.1. The van der Waals surface area contributed by atoms with E-state index in [-0.39, 0.29) is 18.7 Å². The second kappa shape index (κ2) is 6.44. The lowest BCUT2D eigenvalue weighted by Crippen LogP contribution is -2.34. The number of thiophene rings is 1. The van der Waals surface area contributed by atoms with Gasteiger partial charge in [0.05, 0.1) is 18.1 Å². The summed E-state index contributed by atoms with van der Waals surface area (Å²) >= 11 is 1.41. The maximum Gasteiger partial charge on any atom is 0.216 e. The number of aliphatic hydroxyl groups is 2. The second-order valence-corrected chi connectivity index (χ2v) is 5.25. The van der Waals surface area contributed by atoms with Crippen molar-refractivity contribution >= 4 is 17.2 Å². The van der Waals surface area contributed by atoms with Crippen LogP contribution in [0.2, 0.25) is 0 Å². The van der Waals surface area contributed by atoms with E-state index in [0.717, 1.165) is 4.88 Å². The Bertz CT molecular complexity index is 430. The third-order valence-electron chi connectivity index (χ3n) is 2.76. The summed E-state index contributed by atoms with van der Waals surface area (Å²) in [5, 5.41) is 24.0. The molecule has 7 heteroatoms. The van der Waals surface area contributed by atoms with Gasteiger partial charge in [-0.1, -0.05) is 0 Å². The Labute approximate surface area is 115 Å². The van der Waals surface area contributed by atoms with Crippen LogP contribution in [0.4, 0.5) is 0 Å². The van der Waals surface area contributed by atoms with Crippen molar-refractivity contribution < 1.29 is 24.5 Å². The van der Waals surface area contributed by atoms with Crippen LogP contribution < -0.4 is 5.32 Å². The van der Waals surface area contributed by atoms with Crippen molar-refractivity contribution in [3.8, 4) is 0 Å². The van der Waals surface area contributed by atoms with Crippen molar-refractivity contribution in [3.05, 3.63) is 21.9 Å². The Hall–Kier alpha value is -0.990. The Kier molecular flexibility index (Phi) is 4.89. The summed E-state index contributed by atoms with van der Waals surface area (Å²) < 4.78 is 10.7. The molecule has 1 aliphatic rings. The molecule has 106 valence electrons. The zero-order chi connectivity index (χ0) is 13.8. The molecule has 1 aromatic heterocycles. The molecule has 0 radical (unpaired) electrons. The lowest BCUT2D eigenvalue weighted by molar-refractivity contribution is -0.119. The van der Waals surface area contributed by atoms with Crippen LogP contribution in [0.5, 0.6) is 0 Å². The predicted molar refractivity (Wildman–Crippen MR) is 68.6 cm³/mol. The first-order chi connectivity index (χ1) is 9.08. The number of hydrogen-bond donors (Lipinski definition) is 3. The first-order valence-electron chi connectivity index (χ1n) is 6.00. The van der Waals surface area contributed by atoms with Gasteiger partial charge in [-0.15, -0.1) is 11.3 Å². The highest BCUT2D eigenvalue weighted by molar-refractivity contribution is 7.10. The highest BCUT2D eigenvalue weighted by Gasteiger charge is 2.24. The topological polar surface area (TPSA) is 88.0 Å². The molecule has 19 heavy (non-hydrogen) atoms. The van der Waals surface area contributed by atoms with E-state index in [0.29, 0.717) is 18.8 Å². The molecule has 0 aromatic carbocycles. The molecule has 0 bridgehead atoms. The van der Waals surface area contributed by atoms with E-state index >= 15 is 0 Å². The van der Waals surface area contributed by atoms with Gasteiger partial charge in [0, 0.05) is 13.5 Å². The van der Waals surface area contributed by atoms with E-state index in [9.17, 15) is 15.0 Å². The minimum atomic E-state index is -1.04. The van der Waals surface area contributed by atoms with Crippen LogP contribution in [0.1, 0.15) is 29.8 Å². The molecular weight excluding hydrogens is 270 g/mol. The molecule has 2 rings (SSSR count). The number of nitrogens with one attached hydrogen (secondary N) is 1. The summed E-state index contributed by atoms with van der Waals surface area (Å²) in [7, 11) is 0. The summed E-state index contributed by atoms with van der Waals surface area (Å²) in [6, 6.07) is 1.75. The standard InChI is InChI=1S/C12H17NO5S/c1-7(14)13-5-9(15)11(16)8-4-10(19-6-8)12-17-2-3-18-12/h4,6,9,11-12,15-16H,2-3,5H2,1H3,(H,13,14). The summed E-state index contributed by atoms with van der Waals surface area (Å²) in [4.78, 5) is 11.6. The lowest BCUT2D eigenvalue weighted by Gasteiger charge is -2.17. The fraction of sp³-hybridized carbons (Fsp3) is 0.583. The van der Waals surface area contributed by atoms with Crippen molar-refractivity contribution in [1.29, 1.82) is 0 Å². The summed E-state index contributed by atoms with van der Waals surface area (Å²) in [5.41, 5.74) is 0.594. The minimum absolute atomic E-state index is 0.0120. The predicted octanol–water partition coefficient (Wildman–Crippen LogP) is 0.324. The van der Waals surface area contributed by atoms with Crippen LogP contribution in [0.15, 0.2) is 11.4 Å². The monoisotopic (exact) mass is 287 g/mol. The number of carbonyl (C=O) groups excluding carboxylic acids is 1. The van der Waals surface area contributed by atoms with Gasteiger partial charge in [-0.05, 0) is 17.0 Å². The molecule has 1 amide bonds. The van der Waals surface area contributed by atoms with Gasteiger partial charge in [0.25, 0.3) is 0 Å². The third kappa shape index (κ3) is 3.74. The number of rotatable bonds is 5. The molecule has 1 fully saturated rings. The first-order valence-corrected chi connectivity index (χ1v) is 6.88. The quantitative estimate of drug-likeness (QED) is 0.726.